The number of rotatable bonds is 3. The Labute approximate surface area is 113 Å². The van der Waals surface area contributed by atoms with Crippen LogP contribution in [0.4, 0.5) is 0 Å². The molecule has 0 spiro atoms. The molecule has 0 aromatic heterocycles. The molecule has 3 N–H and O–H groups in total. The van der Waals surface area contributed by atoms with Crippen LogP contribution in [0.15, 0.2) is 0 Å². The van der Waals surface area contributed by atoms with Crippen LogP contribution in [0, 0.1) is 5.92 Å². The normalized spacial score (nSPS) is 37.9. The molecule has 2 rings (SSSR count). The van der Waals surface area contributed by atoms with Crippen molar-refractivity contribution in [3.63, 3.8) is 0 Å². The number of hydrogen-bond donors (Lipinski definition) is 2. The lowest BCUT2D eigenvalue weighted by atomic mass is 9.90. The minimum atomic E-state index is 0.450. The van der Waals surface area contributed by atoms with E-state index < -0.39 is 0 Å². The average molecular weight is 276 g/mol. The van der Waals surface area contributed by atoms with Crippen molar-refractivity contribution in [1.82, 2.24) is 5.43 Å². The van der Waals surface area contributed by atoms with Crippen molar-refractivity contribution in [3.8, 4) is 0 Å². The molecule has 2 aliphatic heterocycles. The molecule has 3 nitrogen and oxygen atoms in total. The molecule has 2 fully saturated rings. The van der Waals surface area contributed by atoms with E-state index in [2.05, 4.69) is 42.8 Å². The van der Waals surface area contributed by atoms with Gasteiger partial charge < -0.3 is 4.74 Å². The number of ether oxygens (including phenoxy) is 1. The fraction of sp³-hybridized carbons (Fsp3) is 1.00. The average Bonchev–Trinajstić information content (AvgIpc) is 2.36. The molecule has 0 saturated carbocycles. The summed E-state index contributed by atoms with van der Waals surface area (Å²) in [5, 5.41) is 2.15. The van der Waals surface area contributed by atoms with Gasteiger partial charge in [-0.1, -0.05) is 13.8 Å². The second kappa shape index (κ2) is 6.66. The van der Waals surface area contributed by atoms with E-state index in [0.717, 1.165) is 36.6 Å². The van der Waals surface area contributed by atoms with E-state index in [0.29, 0.717) is 17.2 Å². The van der Waals surface area contributed by atoms with Crippen molar-refractivity contribution >= 4 is 23.5 Å². The third-order valence-electron chi connectivity index (χ3n) is 3.94. The van der Waals surface area contributed by atoms with Crippen LogP contribution in [0.25, 0.3) is 0 Å². The standard InChI is InChI=1S/C12H24N2OS2/c1-8-9(2)17-11(7-16-8)12(14-13)10-3-5-15-6-4-10/h8-12,14H,3-7,13H2,1-2H3. The fourth-order valence-electron chi connectivity index (χ4n) is 2.62. The van der Waals surface area contributed by atoms with Gasteiger partial charge in [-0.15, -0.1) is 0 Å². The van der Waals surface area contributed by atoms with Crippen LogP contribution in [0.5, 0.6) is 0 Å². The molecule has 100 valence electrons. The first kappa shape index (κ1) is 14.0. The van der Waals surface area contributed by atoms with Crippen LogP contribution >= 0.6 is 23.5 Å². The van der Waals surface area contributed by atoms with E-state index >= 15 is 0 Å². The number of hydrazine groups is 1. The summed E-state index contributed by atoms with van der Waals surface area (Å²) >= 11 is 4.21. The Hall–Kier alpha value is 0.580. The molecule has 0 aromatic rings. The fourth-order valence-corrected chi connectivity index (χ4v) is 5.81. The van der Waals surface area contributed by atoms with Gasteiger partial charge in [0, 0.05) is 40.8 Å². The van der Waals surface area contributed by atoms with E-state index in [1.54, 1.807) is 0 Å². The third kappa shape index (κ3) is 3.53. The summed E-state index contributed by atoms with van der Waals surface area (Å²) in [6.45, 7) is 6.47. The summed E-state index contributed by atoms with van der Waals surface area (Å²) in [5.41, 5.74) is 3.09. The lowest BCUT2D eigenvalue weighted by molar-refractivity contribution is 0.0541. The first-order valence-corrected chi connectivity index (χ1v) is 8.52. The van der Waals surface area contributed by atoms with Crippen molar-refractivity contribution in [3.05, 3.63) is 0 Å². The van der Waals surface area contributed by atoms with Gasteiger partial charge in [0.1, 0.15) is 0 Å². The summed E-state index contributed by atoms with van der Waals surface area (Å²) in [7, 11) is 0. The molecule has 0 bridgehead atoms. The Kier molecular flexibility index (Phi) is 5.49. The monoisotopic (exact) mass is 276 g/mol. The molecular formula is C12H24N2OS2. The summed E-state index contributed by atoms with van der Waals surface area (Å²) in [5.74, 6) is 7.71. The zero-order valence-electron chi connectivity index (χ0n) is 10.7. The first-order valence-electron chi connectivity index (χ1n) is 6.53. The second-order valence-corrected chi connectivity index (χ2v) is 8.09. The maximum Gasteiger partial charge on any atom is 0.0469 e. The van der Waals surface area contributed by atoms with Gasteiger partial charge in [-0.05, 0) is 18.8 Å². The predicted octanol–water partition coefficient (Wildman–Crippen LogP) is 1.87. The Bertz CT molecular complexity index is 237. The van der Waals surface area contributed by atoms with Gasteiger partial charge in [-0.3, -0.25) is 11.3 Å². The van der Waals surface area contributed by atoms with Gasteiger partial charge in [0.25, 0.3) is 0 Å². The van der Waals surface area contributed by atoms with Crippen LogP contribution in [0.2, 0.25) is 0 Å². The van der Waals surface area contributed by atoms with E-state index in [1.165, 1.54) is 5.75 Å². The number of thioether (sulfide) groups is 2. The van der Waals surface area contributed by atoms with Crippen LogP contribution in [-0.2, 0) is 4.74 Å². The minimum absolute atomic E-state index is 0.450. The molecule has 0 radical (unpaired) electrons. The molecule has 0 amide bonds. The highest BCUT2D eigenvalue weighted by Crippen LogP contribution is 2.39. The number of nitrogens with one attached hydrogen (secondary N) is 1. The van der Waals surface area contributed by atoms with E-state index in [9.17, 15) is 0 Å². The second-order valence-electron chi connectivity index (χ2n) is 5.06. The van der Waals surface area contributed by atoms with Gasteiger partial charge in [0.15, 0.2) is 0 Å². The molecule has 5 heteroatoms. The molecule has 2 aliphatic rings. The van der Waals surface area contributed by atoms with E-state index in [4.69, 9.17) is 10.6 Å². The highest BCUT2D eigenvalue weighted by molar-refractivity contribution is 8.07. The molecule has 17 heavy (non-hydrogen) atoms. The predicted molar refractivity (Wildman–Crippen MR) is 77.4 cm³/mol. The van der Waals surface area contributed by atoms with Crippen molar-refractivity contribution in [2.45, 2.75) is 48.5 Å². The van der Waals surface area contributed by atoms with Crippen molar-refractivity contribution in [2.24, 2.45) is 11.8 Å². The number of nitrogens with two attached hydrogens (primary N) is 1. The number of hydrogen-bond acceptors (Lipinski definition) is 5. The largest absolute Gasteiger partial charge is 0.381 e. The molecule has 0 aromatic carbocycles. The maximum absolute atomic E-state index is 5.80. The van der Waals surface area contributed by atoms with Crippen molar-refractivity contribution in [1.29, 1.82) is 0 Å². The maximum atomic E-state index is 5.80. The Balaban J connectivity index is 1.93. The Morgan fingerprint density at radius 2 is 1.94 bits per heavy atom. The lowest BCUT2D eigenvalue weighted by Gasteiger charge is -2.40. The van der Waals surface area contributed by atoms with Crippen LogP contribution in [0.3, 0.4) is 0 Å². The summed E-state index contributed by atoms with van der Waals surface area (Å²) in [6, 6.07) is 0.450. The van der Waals surface area contributed by atoms with Gasteiger partial charge in [-0.25, -0.2) is 0 Å². The smallest absolute Gasteiger partial charge is 0.0469 e. The quantitative estimate of drug-likeness (QED) is 0.609. The molecular weight excluding hydrogens is 252 g/mol. The summed E-state index contributed by atoms with van der Waals surface area (Å²) < 4.78 is 5.44. The zero-order chi connectivity index (χ0) is 12.3. The first-order chi connectivity index (χ1) is 8.22. The topological polar surface area (TPSA) is 47.3 Å². The van der Waals surface area contributed by atoms with Gasteiger partial charge >= 0.3 is 0 Å². The molecule has 4 atom stereocenters. The van der Waals surface area contributed by atoms with Crippen LogP contribution in [-0.4, -0.2) is 40.8 Å². The van der Waals surface area contributed by atoms with Crippen LogP contribution in [0.1, 0.15) is 26.7 Å². The lowest BCUT2D eigenvalue weighted by Crippen LogP contribution is -2.51. The van der Waals surface area contributed by atoms with Crippen molar-refractivity contribution < 1.29 is 4.74 Å². The van der Waals surface area contributed by atoms with Crippen molar-refractivity contribution in [2.75, 3.05) is 19.0 Å². The van der Waals surface area contributed by atoms with Crippen LogP contribution < -0.4 is 11.3 Å². The molecule has 0 aliphatic carbocycles. The minimum Gasteiger partial charge on any atom is -0.381 e. The zero-order valence-corrected chi connectivity index (χ0v) is 12.4. The highest BCUT2D eigenvalue weighted by atomic mass is 32.2. The van der Waals surface area contributed by atoms with Gasteiger partial charge in [-0.2, -0.15) is 23.5 Å². The molecule has 2 heterocycles. The van der Waals surface area contributed by atoms with Gasteiger partial charge in [0.05, 0.1) is 0 Å². The summed E-state index contributed by atoms with van der Waals surface area (Å²) in [4.78, 5) is 0. The highest BCUT2D eigenvalue weighted by Gasteiger charge is 2.35. The Morgan fingerprint density at radius 3 is 2.53 bits per heavy atom. The van der Waals surface area contributed by atoms with E-state index in [1.807, 2.05) is 0 Å². The summed E-state index contributed by atoms with van der Waals surface area (Å²) in [6.07, 6.45) is 2.31. The third-order valence-corrected chi connectivity index (χ3v) is 7.46. The Morgan fingerprint density at radius 1 is 1.24 bits per heavy atom. The molecule has 2 saturated heterocycles. The van der Waals surface area contributed by atoms with E-state index in [-0.39, 0.29) is 0 Å². The van der Waals surface area contributed by atoms with Gasteiger partial charge in [0.2, 0.25) is 0 Å². The SMILES string of the molecule is CC1SCC(C(NN)C2CCOCC2)SC1C. The molecule has 4 unspecified atom stereocenters.